The molecule has 0 saturated heterocycles. The second kappa shape index (κ2) is 5.60. The number of nitrogens with zero attached hydrogens (tertiary/aromatic N) is 1. The van der Waals surface area contributed by atoms with Crippen LogP contribution >= 0.6 is 0 Å². The monoisotopic (exact) mass is 288 g/mol. The first-order valence-corrected chi connectivity index (χ1v) is 6.76. The van der Waals surface area contributed by atoms with E-state index in [2.05, 4.69) is 10.3 Å². The van der Waals surface area contributed by atoms with Crippen molar-refractivity contribution in [2.45, 2.75) is 44.9 Å². The summed E-state index contributed by atoms with van der Waals surface area (Å²) in [6.07, 6.45) is -0.150. The van der Waals surface area contributed by atoms with E-state index in [0.717, 1.165) is 37.9 Å². The van der Waals surface area contributed by atoms with Crippen LogP contribution in [0, 0.1) is 5.41 Å². The highest BCUT2D eigenvalue weighted by molar-refractivity contribution is 5.36. The summed E-state index contributed by atoms with van der Waals surface area (Å²) < 4.78 is 37.2. The van der Waals surface area contributed by atoms with Crippen molar-refractivity contribution >= 4 is 5.82 Å². The molecule has 1 aromatic heterocycles. The minimum atomic E-state index is -4.36. The Kier molecular flexibility index (Phi) is 4.22. The van der Waals surface area contributed by atoms with Gasteiger partial charge in [-0.25, -0.2) is 4.98 Å². The van der Waals surface area contributed by atoms with Gasteiger partial charge in [-0.3, -0.25) is 0 Å². The highest BCUT2D eigenvalue weighted by Crippen LogP contribution is 2.36. The molecule has 2 rings (SSSR count). The van der Waals surface area contributed by atoms with Crippen molar-refractivity contribution in [3.8, 4) is 0 Å². The van der Waals surface area contributed by atoms with Gasteiger partial charge in [0.05, 0.1) is 11.7 Å². The number of pyridine rings is 1. The molecule has 20 heavy (non-hydrogen) atoms. The van der Waals surface area contributed by atoms with Crippen LogP contribution in [0.2, 0.25) is 0 Å². The predicted molar refractivity (Wildman–Crippen MR) is 70.3 cm³/mol. The van der Waals surface area contributed by atoms with E-state index in [-0.39, 0.29) is 11.5 Å². The quantitative estimate of drug-likeness (QED) is 0.895. The molecular weight excluding hydrogens is 269 g/mol. The minimum absolute atomic E-state index is 0.247. The van der Waals surface area contributed by atoms with Crippen molar-refractivity contribution in [2.75, 3.05) is 11.9 Å². The smallest absolute Gasteiger partial charge is 0.392 e. The van der Waals surface area contributed by atoms with Gasteiger partial charge < -0.3 is 10.4 Å². The first-order valence-electron chi connectivity index (χ1n) is 6.76. The number of nitrogens with one attached hydrogen (secondary N) is 1. The zero-order chi connectivity index (χ0) is 14.8. The lowest BCUT2D eigenvalue weighted by Gasteiger charge is -2.38. The van der Waals surface area contributed by atoms with Crippen molar-refractivity contribution in [1.82, 2.24) is 4.98 Å². The topological polar surface area (TPSA) is 45.2 Å². The predicted octanol–water partition coefficient (Wildman–Crippen LogP) is 3.45. The standard InChI is InChI=1S/C14H19F3N2O/c1-13(7-3-2-4-11(13)20)9-19-12-6-5-10(8-18-12)14(15,16)17/h5-6,8,11,20H,2-4,7,9H2,1H3,(H,18,19). The van der Waals surface area contributed by atoms with Gasteiger partial charge in [0, 0.05) is 18.2 Å². The normalized spacial score (nSPS) is 27.4. The number of hydrogen-bond acceptors (Lipinski definition) is 3. The molecule has 3 nitrogen and oxygen atoms in total. The van der Waals surface area contributed by atoms with Crippen molar-refractivity contribution in [2.24, 2.45) is 5.41 Å². The van der Waals surface area contributed by atoms with Crippen LogP contribution in [-0.4, -0.2) is 22.7 Å². The Morgan fingerprint density at radius 1 is 1.40 bits per heavy atom. The zero-order valence-electron chi connectivity index (χ0n) is 11.4. The number of anilines is 1. The summed E-state index contributed by atoms with van der Waals surface area (Å²) in [5, 5.41) is 13.1. The van der Waals surface area contributed by atoms with Gasteiger partial charge >= 0.3 is 6.18 Å². The first-order chi connectivity index (χ1) is 9.31. The maximum Gasteiger partial charge on any atom is 0.417 e. The Hall–Kier alpha value is -1.30. The highest BCUT2D eigenvalue weighted by Gasteiger charge is 2.35. The molecule has 1 fully saturated rings. The van der Waals surface area contributed by atoms with Gasteiger partial charge in [0.1, 0.15) is 5.82 Å². The van der Waals surface area contributed by atoms with E-state index in [1.54, 1.807) is 0 Å². The van der Waals surface area contributed by atoms with Gasteiger partial charge in [0.15, 0.2) is 0 Å². The molecule has 1 saturated carbocycles. The van der Waals surface area contributed by atoms with Gasteiger partial charge in [-0.2, -0.15) is 13.2 Å². The van der Waals surface area contributed by atoms with E-state index in [1.807, 2.05) is 6.92 Å². The van der Waals surface area contributed by atoms with E-state index in [1.165, 1.54) is 6.07 Å². The van der Waals surface area contributed by atoms with E-state index in [0.29, 0.717) is 12.4 Å². The third-order valence-corrected chi connectivity index (χ3v) is 4.04. The van der Waals surface area contributed by atoms with E-state index in [9.17, 15) is 18.3 Å². The Morgan fingerprint density at radius 3 is 2.70 bits per heavy atom. The number of aliphatic hydroxyl groups is 1. The largest absolute Gasteiger partial charge is 0.417 e. The first kappa shape index (κ1) is 15.1. The third-order valence-electron chi connectivity index (χ3n) is 4.04. The van der Waals surface area contributed by atoms with Crippen LogP contribution in [-0.2, 0) is 6.18 Å². The van der Waals surface area contributed by atoms with Crippen LogP contribution in [0.1, 0.15) is 38.2 Å². The molecule has 0 aromatic carbocycles. The molecule has 2 atom stereocenters. The number of alkyl halides is 3. The van der Waals surface area contributed by atoms with Crippen LogP contribution < -0.4 is 5.32 Å². The fourth-order valence-corrected chi connectivity index (χ4v) is 2.55. The molecule has 0 spiro atoms. The molecule has 112 valence electrons. The maximum absolute atomic E-state index is 12.4. The van der Waals surface area contributed by atoms with Crippen LogP contribution in [0.25, 0.3) is 0 Å². The Balaban J connectivity index is 1.97. The summed E-state index contributed by atoms with van der Waals surface area (Å²) >= 11 is 0. The van der Waals surface area contributed by atoms with Gasteiger partial charge in [0.2, 0.25) is 0 Å². The summed E-state index contributed by atoms with van der Waals surface area (Å²) in [6.45, 7) is 2.50. The van der Waals surface area contributed by atoms with Crippen molar-refractivity contribution < 1.29 is 18.3 Å². The molecule has 1 heterocycles. The SMILES string of the molecule is CC1(CNc2ccc(C(F)(F)F)cn2)CCCCC1O. The lowest BCUT2D eigenvalue weighted by molar-refractivity contribution is -0.137. The van der Waals surface area contributed by atoms with Gasteiger partial charge in [-0.1, -0.05) is 19.8 Å². The number of halogens is 3. The lowest BCUT2D eigenvalue weighted by atomic mass is 9.73. The highest BCUT2D eigenvalue weighted by atomic mass is 19.4. The Labute approximate surface area is 116 Å². The molecule has 1 aromatic rings. The van der Waals surface area contributed by atoms with E-state index in [4.69, 9.17) is 0 Å². The molecule has 1 aliphatic carbocycles. The molecule has 0 aliphatic heterocycles. The molecule has 2 unspecified atom stereocenters. The second-order valence-electron chi connectivity index (χ2n) is 5.70. The molecule has 2 N–H and O–H groups in total. The third kappa shape index (κ3) is 3.42. The van der Waals surface area contributed by atoms with Crippen LogP contribution in [0.5, 0.6) is 0 Å². The molecule has 0 bridgehead atoms. The molecule has 1 aliphatic rings. The van der Waals surface area contributed by atoms with Crippen LogP contribution in [0.4, 0.5) is 19.0 Å². The number of rotatable bonds is 3. The number of hydrogen-bond donors (Lipinski definition) is 2. The van der Waals surface area contributed by atoms with Crippen molar-refractivity contribution in [1.29, 1.82) is 0 Å². The van der Waals surface area contributed by atoms with Crippen molar-refractivity contribution in [3.05, 3.63) is 23.9 Å². The summed E-state index contributed by atoms with van der Waals surface area (Å²) in [7, 11) is 0. The van der Waals surface area contributed by atoms with Crippen LogP contribution in [0.15, 0.2) is 18.3 Å². The zero-order valence-corrected chi connectivity index (χ0v) is 11.4. The summed E-state index contributed by atoms with van der Waals surface area (Å²) in [6, 6.07) is 2.33. The second-order valence-corrected chi connectivity index (χ2v) is 5.70. The maximum atomic E-state index is 12.4. The Morgan fingerprint density at radius 2 is 2.15 bits per heavy atom. The average Bonchev–Trinajstić information content (AvgIpc) is 2.40. The van der Waals surface area contributed by atoms with E-state index >= 15 is 0 Å². The van der Waals surface area contributed by atoms with E-state index < -0.39 is 11.7 Å². The fourth-order valence-electron chi connectivity index (χ4n) is 2.55. The molecule has 6 heteroatoms. The van der Waals surface area contributed by atoms with Gasteiger partial charge in [0.25, 0.3) is 0 Å². The Bertz CT molecular complexity index is 447. The molecule has 0 radical (unpaired) electrons. The summed E-state index contributed by atoms with van der Waals surface area (Å²) in [4.78, 5) is 3.77. The lowest BCUT2D eigenvalue weighted by Crippen LogP contribution is -2.41. The molecular formula is C14H19F3N2O. The van der Waals surface area contributed by atoms with Gasteiger partial charge in [-0.15, -0.1) is 0 Å². The summed E-state index contributed by atoms with van der Waals surface area (Å²) in [5.41, 5.74) is -1.00. The average molecular weight is 288 g/mol. The summed E-state index contributed by atoms with van der Waals surface area (Å²) in [5.74, 6) is 0.400. The number of aromatic nitrogens is 1. The fraction of sp³-hybridized carbons (Fsp3) is 0.643. The minimum Gasteiger partial charge on any atom is -0.392 e. The number of aliphatic hydroxyl groups excluding tert-OH is 1. The van der Waals surface area contributed by atoms with Crippen molar-refractivity contribution in [3.63, 3.8) is 0 Å². The van der Waals surface area contributed by atoms with Crippen LogP contribution in [0.3, 0.4) is 0 Å². The molecule has 0 amide bonds. The van der Waals surface area contributed by atoms with Gasteiger partial charge in [-0.05, 0) is 25.0 Å².